The van der Waals surface area contributed by atoms with E-state index in [1.54, 1.807) is 0 Å². The van der Waals surface area contributed by atoms with Crippen molar-refractivity contribution in [3.8, 4) is 0 Å². The first kappa shape index (κ1) is 20.9. The Balaban J connectivity index is 1.59. The van der Waals surface area contributed by atoms with Gasteiger partial charge in [-0.1, -0.05) is 13.8 Å². The highest BCUT2D eigenvalue weighted by Gasteiger charge is 2.30. The second kappa shape index (κ2) is 9.12. The number of esters is 1. The molecule has 3 heterocycles. The monoisotopic (exact) mass is 389 g/mol. The second-order valence-corrected chi connectivity index (χ2v) is 8.54. The number of nitrogens with one attached hydrogen (secondary N) is 1. The molecule has 0 atom stereocenters. The molecule has 6 heteroatoms. The number of nitrogens with zero attached hydrogens (tertiary/aromatic N) is 2. The second-order valence-electron chi connectivity index (χ2n) is 8.54. The minimum Gasteiger partial charge on any atom is -0.465 e. The van der Waals surface area contributed by atoms with Crippen LogP contribution in [0.25, 0.3) is 0 Å². The van der Waals surface area contributed by atoms with Crippen LogP contribution in [0.2, 0.25) is 0 Å². The summed E-state index contributed by atoms with van der Waals surface area (Å²) in [6, 6.07) is 0. The van der Waals surface area contributed by atoms with E-state index in [0.717, 1.165) is 37.5 Å². The van der Waals surface area contributed by atoms with E-state index in [2.05, 4.69) is 16.8 Å². The van der Waals surface area contributed by atoms with Gasteiger partial charge in [0.15, 0.2) is 0 Å². The Hall–Kier alpha value is -1.82. The van der Waals surface area contributed by atoms with Gasteiger partial charge in [0, 0.05) is 25.3 Å². The fourth-order valence-electron chi connectivity index (χ4n) is 4.60. The average molecular weight is 390 g/mol. The molecule has 0 saturated carbocycles. The lowest BCUT2D eigenvalue weighted by atomic mass is 9.93. The molecule has 28 heavy (non-hydrogen) atoms. The van der Waals surface area contributed by atoms with Crippen LogP contribution in [0.1, 0.15) is 71.6 Å². The maximum Gasteiger partial charge on any atom is 0.339 e. The summed E-state index contributed by atoms with van der Waals surface area (Å²) in [6.45, 7) is 11.3. The number of rotatable bonds is 5. The molecule has 1 amide bonds. The van der Waals surface area contributed by atoms with Crippen LogP contribution in [-0.2, 0) is 11.2 Å². The quantitative estimate of drug-likeness (QED) is 0.785. The lowest BCUT2D eigenvalue weighted by Gasteiger charge is -2.37. The number of carbonyl (C=O) groups is 2. The Kier molecular flexibility index (Phi) is 6.81. The molecule has 1 N–H and O–H groups in total. The number of hydrogen-bond acceptors (Lipinski definition) is 4. The lowest BCUT2D eigenvalue weighted by Crippen LogP contribution is -2.43. The van der Waals surface area contributed by atoms with Gasteiger partial charge in [0.05, 0.1) is 12.7 Å². The molecule has 0 aliphatic carbocycles. The third-order valence-electron chi connectivity index (χ3n) is 6.58. The van der Waals surface area contributed by atoms with Crippen molar-refractivity contribution in [1.82, 2.24) is 14.8 Å². The number of H-pyrrole nitrogens is 1. The molecule has 0 bridgehead atoms. The molecule has 3 rings (SSSR count). The van der Waals surface area contributed by atoms with Crippen molar-refractivity contribution in [3.05, 3.63) is 22.5 Å². The number of carbonyl (C=O) groups excluding carboxylic acids is 2. The molecule has 0 unspecified atom stereocenters. The fourth-order valence-corrected chi connectivity index (χ4v) is 4.60. The van der Waals surface area contributed by atoms with Crippen LogP contribution in [0.15, 0.2) is 0 Å². The molecule has 2 fully saturated rings. The normalized spacial score (nSPS) is 19.8. The van der Waals surface area contributed by atoms with Gasteiger partial charge < -0.3 is 19.5 Å². The molecular formula is C22H35N3O3. The first-order valence-electron chi connectivity index (χ1n) is 10.8. The number of ether oxygens (including phenoxy) is 1. The van der Waals surface area contributed by atoms with E-state index in [4.69, 9.17) is 4.74 Å². The number of likely N-dealkylation sites (tertiary alicyclic amines) is 2. The predicted molar refractivity (Wildman–Crippen MR) is 110 cm³/mol. The zero-order valence-corrected chi connectivity index (χ0v) is 17.8. The van der Waals surface area contributed by atoms with Crippen LogP contribution in [0.5, 0.6) is 0 Å². The van der Waals surface area contributed by atoms with E-state index < -0.39 is 0 Å². The Bertz CT molecular complexity index is 696. The van der Waals surface area contributed by atoms with Gasteiger partial charge in [-0.2, -0.15) is 0 Å². The van der Waals surface area contributed by atoms with E-state index in [0.29, 0.717) is 29.2 Å². The Labute approximate surface area is 168 Å². The highest BCUT2D eigenvalue weighted by atomic mass is 16.5. The number of methoxy groups -OCH3 is 1. The summed E-state index contributed by atoms with van der Waals surface area (Å²) in [6.07, 6.45) is 5.40. The van der Waals surface area contributed by atoms with Crippen molar-refractivity contribution in [1.29, 1.82) is 0 Å². The minimum atomic E-state index is -0.376. The molecule has 0 spiro atoms. The summed E-state index contributed by atoms with van der Waals surface area (Å²) in [5.74, 6) is 1.17. The van der Waals surface area contributed by atoms with Gasteiger partial charge in [-0.25, -0.2) is 4.79 Å². The molecule has 1 aromatic heterocycles. The maximum atomic E-state index is 13.1. The maximum absolute atomic E-state index is 13.1. The van der Waals surface area contributed by atoms with Crippen molar-refractivity contribution in [2.75, 3.05) is 39.8 Å². The number of aromatic nitrogens is 1. The van der Waals surface area contributed by atoms with Gasteiger partial charge in [-0.05, 0) is 69.5 Å². The lowest BCUT2D eigenvalue weighted by molar-refractivity contribution is 0.0599. The van der Waals surface area contributed by atoms with E-state index >= 15 is 0 Å². The van der Waals surface area contributed by atoms with Crippen molar-refractivity contribution >= 4 is 11.9 Å². The molecule has 0 radical (unpaired) electrons. The van der Waals surface area contributed by atoms with Crippen LogP contribution in [0.4, 0.5) is 0 Å². The van der Waals surface area contributed by atoms with Gasteiger partial charge in [-0.3, -0.25) is 4.79 Å². The molecule has 0 aromatic carbocycles. The Morgan fingerprint density at radius 3 is 2.32 bits per heavy atom. The summed E-state index contributed by atoms with van der Waals surface area (Å²) < 4.78 is 4.90. The summed E-state index contributed by atoms with van der Waals surface area (Å²) >= 11 is 0. The molecule has 1 aromatic rings. The molecule has 6 nitrogen and oxygen atoms in total. The van der Waals surface area contributed by atoms with Gasteiger partial charge in [0.2, 0.25) is 0 Å². The SMILES string of the molecule is CCc1[nH]c(C(=O)N2CCC(CN3CCC(C)CC3)CC2)c(C)c1C(=O)OC. The van der Waals surface area contributed by atoms with Crippen LogP contribution < -0.4 is 0 Å². The molecule has 156 valence electrons. The number of piperidine rings is 2. The standard InChI is InChI=1S/C22H35N3O3/c1-5-18-19(22(27)28-4)16(3)20(23-18)21(26)25-12-8-17(9-13-25)14-24-10-6-15(2)7-11-24/h15,17,23H,5-14H2,1-4H3. The first-order valence-corrected chi connectivity index (χ1v) is 10.8. The Morgan fingerprint density at radius 2 is 1.75 bits per heavy atom. The number of hydrogen-bond donors (Lipinski definition) is 1. The molecule has 2 aliphatic rings. The Morgan fingerprint density at radius 1 is 1.11 bits per heavy atom. The summed E-state index contributed by atoms with van der Waals surface area (Å²) in [4.78, 5) is 32.9. The van der Waals surface area contributed by atoms with Crippen LogP contribution >= 0.6 is 0 Å². The highest BCUT2D eigenvalue weighted by molar-refractivity contribution is 6.00. The van der Waals surface area contributed by atoms with Crippen molar-refractivity contribution in [2.45, 2.75) is 52.9 Å². The average Bonchev–Trinajstić information content (AvgIpc) is 3.05. The van der Waals surface area contributed by atoms with E-state index in [9.17, 15) is 9.59 Å². The molecule has 2 saturated heterocycles. The zero-order chi connectivity index (χ0) is 20.3. The van der Waals surface area contributed by atoms with Gasteiger partial charge in [0.25, 0.3) is 5.91 Å². The van der Waals surface area contributed by atoms with E-state index in [-0.39, 0.29) is 11.9 Å². The number of amides is 1. The first-order chi connectivity index (χ1) is 13.4. The highest BCUT2D eigenvalue weighted by Crippen LogP contribution is 2.26. The van der Waals surface area contributed by atoms with Gasteiger partial charge >= 0.3 is 5.97 Å². The number of aromatic amines is 1. The van der Waals surface area contributed by atoms with Crippen molar-refractivity contribution in [3.63, 3.8) is 0 Å². The molecule has 2 aliphatic heterocycles. The van der Waals surface area contributed by atoms with Crippen LogP contribution in [0.3, 0.4) is 0 Å². The van der Waals surface area contributed by atoms with E-state index in [1.807, 2.05) is 18.7 Å². The summed E-state index contributed by atoms with van der Waals surface area (Å²) in [5, 5.41) is 0. The topological polar surface area (TPSA) is 65.6 Å². The van der Waals surface area contributed by atoms with E-state index in [1.165, 1.54) is 39.6 Å². The fraction of sp³-hybridized carbons (Fsp3) is 0.727. The van der Waals surface area contributed by atoms with Crippen molar-refractivity contribution < 1.29 is 14.3 Å². The largest absolute Gasteiger partial charge is 0.465 e. The summed E-state index contributed by atoms with van der Waals surface area (Å²) in [7, 11) is 1.38. The molecular weight excluding hydrogens is 354 g/mol. The third kappa shape index (κ3) is 4.43. The van der Waals surface area contributed by atoms with Crippen LogP contribution in [0, 0.1) is 18.8 Å². The van der Waals surface area contributed by atoms with Crippen molar-refractivity contribution in [2.24, 2.45) is 11.8 Å². The number of aryl methyl sites for hydroxylation is 1. The van der Waals surface area contributed by atoms with Crippen LogP contribution in [-0.4, -0.2) is 66.5 Å². The third-order valence-corrected chi connectivity index (χ3v) is 6.58. The van der Waals surface area contributed by atoms with Gasteiger partial charge in [-0.15, -0.1) is 0 Å². The smallest absolute Gasteiger partial charge is 0.339 e. The minimum absolute atomic E-state index is 0.00704. The summed E-state index contributed by atoms with van der Waals surface area (Å²) in [5.41, 5.74) is 2.54. The zero-order valence-electron chi connectivity index (χ0n) is 17.8. The predicted octanol–water partition coefficient (Wildman–Crippen LogP) is 3.26. The van der Waals surface area contributed by atoms with Gasteiger partial charge in [0.1, 0.15) is 5.69 Å².